The van der Waals surface area contributed by atoms with Crippen LogP contribution in [0.3, 0.4) is 0 Å². The van der Waals surface area contributed by atoms with Gasteiger partial charge in [0.15, 0.2) is 0 Å². The third-order valence-corrected chi connectivity index (χ3v) is 3.66. The molecule has 0 spiro atoms. The fourth-order valence-corrected chi connectivity index (χ4v) is 1.93. The summed E-state index contributed by atoms with van der Waals surface area (Å²) in [5.74, 6) is 0.487. The van der Waals surface area contributed by atoms with Gasteiger partial charge < -0.3 is 5.32 Å². The van der Waals surface area contributed by atoms with Crippen LogP contribution in [0.4, 0.5) is 11.5 Å². The standard InChI is InChI=1S/C10H18N4O2S/c1-7(17-4)5-6-11-10-9(14(15)16)8(2)12-13(10)3/h7,11H,5-6H2,1-4H3. The summed E-state index contributed by atoms with van der Waals surface area (Å²) < 4.78 is 1.53. The smallest absolute Gasteiger partial charge is 0.333 e. The Morgan fingerprint density at radius 2 is 2.29 bits per heavy atom. The van der Waals surface area contributed by atoms with Gasteiger partial charge in [0.1, 0.15) is 5.69 Å². The van der Waals surface area contributed by atoms with Gasteiger partial charge in [-0.3, -0.25) is 10.1 Å². The number of nitro groups is 1. The Morgan fingerprint density at radius 1 is 1.65 bits per heavy atom. The zero-order chi connectivity index (χ0) is 13.0. The van der Waals surface area contributed by atoms with Gasteiger partial charge in [0.25, 0.3) is 0 Å². The molecule has 0 saturated carbocycles. The van der Waals surface area contributed by atoms with E-state index in [0.29, 0.717) is 23.3 Å². The van der Waals surface area contributed by atoms with E-state index in [0.717, 1.165) is 6.42 Å². The van der Waals surface area contributed by atoms with Crippen LogP contribution in [0.2, 0.25) is 0 Å². The molecule has 0 radical (unpaired) electrons. The minimum atomic E-state index is -0.386. The Morgan fingerprint density at radius 3 is 2.82 bits per heavy atom. The van der Waals surface area contributed by atoms with Crippen LogP contribution in [0.25, 0.3) is 0 Å². The van der Waals surface area contributed by atoms with Crippen molar-refractivity contribution in [3.8, 4) is 0 Å². The molecule has 1 rings (SSSR count). The maximum atomic E-state index is 10.9. The van der Waals surface area contributed by atoms with E-state index in [-0.39, 0.29) is 10.6 Å². The van der Waals surface area contributed by atoms with Crippen LogP contribution < -0.4 is 5.32 Å². The van der Waals surface area contributed by atoms with Crippen LogP contribution in [-0.4, -0.2) is 32.8 Å². The predicted molar refractivity (Wildman–Crippen MR) is 70.7 cm³/mol. The lowest BCUT2D eigenvalue weighted by Gasteiger charge is -2.09. The van der Waals surface area contributed by atoms with Gasteiger partial charge in [0.05, 0.1) is 4.92 Å². The zero-order valence-corrected chi connectivity index (χ0v) is 11.4. The lowest BCUT2D eigenvalue weighted by atomic mass is 10.3. The van der Waals surface area contributed by atoms with Crippen molar-refractivity contribution in [1.82, 2.24) is 9.78 Å². The fraction of sp³-hybridized carbons (Fsp3) is 0.700. The van der Waals surface area contributed by atoms with E-state index in [9.17, 15) is 10.1 Å². The maximum Gasteiger partial charge on any atom is 0.333 e. The number of hydrogen-bond acceptors (Lipinski definition) is 5. The molecular formula is C10H18N4O2S. The summed E-state index contributed by atoms with van der Waals surface area (Å²) >= 11 is 1.78. The summed E-state index contributed by atoms with van der Waals surface area (Å²) in [5.41, 5.74) is 0.516. The average Bonchev–Trinajstić information content (AvgIpc) is 2.53. The second-order valence-electron chi connectivity index (χ2n) is 3.93. The van der Waals surface area contributed by atoms with E-state index in [1.807, 2.05) is 0 Å². The lowest BCUT2D eigenvalue weighted by Crippen LogP contribution is -2.11. The van der Waals surface area contributed by atoms with Crippen LogP contribution in [0, 0.1) is 17.0 Å². The minimum Gasteiger partial charge on any atom is -0.364 e. The molecular weight excluding hydrogens is 240 g/mol. The second-order valence-corrected chi connectivity index (χ2v) is 5.20. The number of thioether (sulfide) groups is 1. The highest BCUT2D eigenvalue weighted by Crippen LogP contribution is 2.27. The third kappa shape index (κ3) is 3.36. The minimum absolute atomic E-state index is 0.0734. The van der Waals surface area contributed by atoms with E-state index < -0.39 is 0 Å². The average molecular weight is 258 g/mol. The van der Waals surface area contributed by atoms with Gasteiger partial charge in [-0.2, -0.15) is 16.9 Å². The number of rotatable bonds is 6. The van der Waals surface area contributed by atoms with Crippen LogP contribution >= 0.6 is 11.8 Å². The highest BCUT2D eigenvalue weighted by atomic mass is 32.2. The van der Waals surface area contributed by atoms with Gasteiger partial charge in [0.2, 0.25) is 5.82 Å². The van der Waals surface area contributed by atoms with Gasteiger partial charge in [0, 0.05) is 18.8 Å². The first-order valence-corrected chi connectivity index (χ1v) is 6.70. The Kier molecular flexibility index (Phi) is 4.80. The molecule has 0 aromatic carbocycles. The Labute approximate surface area is 105 Å². The molecule has 6 nitrogen and oxygen atoms in total. The first-order chi connectivity index (χ1) is 7.97. The molecule has 17 heavy (non-hydrogen) atoms. The highest BCUT2D eigenvalue weighted by molar-refractivity contribution is 7.99. The van der Waals surface area contributed by atoms with Crippen molar-refractivity contribution < 1.29 is 4.92 Å². The molecule has 0 aliphatic heterocycles. The number of nitrogens with one attached hydrogen (secondary N) is 1. The van der Waals surface area contributed by atoms with Crippen LogP contribution in [-0.2, 0) is 7.05 Å². The van der Waals surface area contributed by atoms with Crippen molar-refractivity contribution in [2.24, 2.45) is 7.05 Å². The molecule has 0 amide bonds. The summed E-state index contributed by atoms with van der Waals surface area (Å²) in [6.45, 7) is 4.49. The summed E-state index contributed by atoms with van der Waals surface area (Å²) in [6.07, 6.45) is 3.02. The molecule has 1 heterocycles. The lowest BCUT2D eigenvalue weighted by molar-refractivity contribution is -0.384. The second kappa shape index (κ2) is 5.90. The zero-order valence-electron chi connectivity index (χ0n) is 10.6. The topological polar surface area (TPSA) is 73.0 Å². The molecule has 1 atom stereocenters. The number of hydrogen-bond donors (Lipinski definition) is 1. The molecule has 1 aromatic rings. The molecule has 0 aliphatic carbocycles. The van der Waals surface area contributed by atoms with E-state index in [1.54, 1.807) is 25.7 Å². The van der Waals surface area contributed by atoms with E-state index >= 15 is 0 Å². The van der Waals surface area contributed by atoms with Gasteiger partial charge in [-0.25, -0.2) is 4.68 Å². The number of aryl methyl sites for hydroxylation is 2. The predicted octanol–water partition coefficient (Wildman–Crippen LogP) is 2.19. The molecule has 0 aliphatic rings. The van der Waals surface area contributed by atoms with Crippen LogP contribution in [0.15, 0.2) is 0 Å². The van der Waals surface area contributed by atoms with Crippen molar-refractivity contribution >= 4 is 23.3 Å². The molecule has 1 N–H and O–H groups in total. The Hall–Kier alpha value is -1.24. The van der Waals surface area contributed by atoms with Crippen molar-refractivity contribution in [3.63, 3.8) is 0 Å². The molecule has 1 aromatic heterocycles. The number of nitrogens with zero attached hydrogens (tertiary/aromatic N) is 3. The monoisotopic (exact) mass is 258 g/mol. The molecule has 0 bridgehead atoms. The summed E-state index contributed by atoms with van der Waals surface area (Å²) in [6, 6.07) is 0. The molecule has 0 saturated heterocycles. The van der Waals surface area contributed by atoms with E-state index in [4.69, 9.17) is 0 Å². The third-order valence-electron chi connectivity index (χ3n) is 2.62. The molecule has 0 fully saturated rings. The van der Waals surface area contributed by atoms with Crippen molar-refractivity contribution in [2.45, 2.75) is 25.5 Å². The maximum absolute atomic E-state index is 10.9. The van der Waals surface area contributed by atoms with Gasteiger partial charge in [-0.05, 0) is 19.6 Å². The van der Waals surface area contributed by atoms with Crippen LogP contribution in [0.5, 0.6) is 0 Å². The van der Waals surface area contributed by atoms with Gasteiger partial charge in [-0.1, -0.05) is 6.92 Å². The van der Waals surface area contributed by atoms with E-state index in [2.05, 4.69) is 23.6 Å². The van der Waals surface area contributed by atoms with Crippen LogP contribution in [0.1, 0.15) is 19.0 Å². The number of aromatic nitrogens is 2. The summed E-state index contributed by atoms with van der Waals surface area (Å²) in [7, 11) is 1.71. The Bertz CT molecular complexity index is 405. The molecule has 1 unspecified atom stereocenters. The quantitative estimate of drug-likeness (QED) is 0.625. The fourth-order valence-electron chi connectivity index (χ4n) is 1.58. The van der Waals surface area contributed by atoms with Crippen molar-refractivity contribution in [3.05, 3.63) is 15.8 Å². The summed E-state index contributed by atoms with van der Waals surface area (Å²) in [5, 5.41) is 18.6. The number of anilines is 1. The van der Waals surface area contributed by atoms with Crippen molar-refractivity contribution in [1.29, 1.82) is 0 Å². The van der Waals surface area contributed by atoms with Gasteiger partial charge in [-0.15, -0.1) is 0 Å². The van der Waals surface area contributed by atoms with E-state index in [1.165, 1.54) is 4.68 Å². The normalized spacial score (nSPS) is 12.5. The van der Waals surface area contributed by atoms with Gasteiger partial charge >= 0.3 is 5.69 Å². The highest BCUT2D eigenvalue weighted by Gasteiger charge is 2.23. The first-order valence-electron chi connectivity index (χ1n) is 5.42. The SMILES string of the molecule is CSC(C)CCNc1c([N+](=O)[O-])c(C)nn1C. The molecule has 96 valence electrons. The Balaban J connectivity index is 2.73. The van der Waals surface area contributed by atoms with Crippen molar-refractivity contribution in [2.75, 3.05) is 18.1 Å². The first kappa shape index (κ1) is 13.8. The molecule has 7 heteroatoms. The largest absolute Gasteiger partial charge is 0.364 e. The summed E-state index contributed by atoms with van der Waals surface area (Å²) in [4.78, 5) is 10.5.